The maximum Gasteiger partial charge on any atom is 0.156 e. The Morgan fingerprint density at radius 3 is 2.93 bits per heavy atom. The normalized spacial score (nSPS) is 29.3. The van der Waals surface area contributed by atoms with Gasteiger partial charge in [-0.15, -0.1) is 0 Å². The third-order valence-corrected chi connectivity index (χ3v) is 2.90. The fraction of sp³-hybridized carbons (Fsp3) is 0.900. The van der Waals surface area contributed by atoms with Crippen molar-refractivity contribution in [3.63, 3.8) is 0 Å². The molecule has 0 aliphatic carbocycles. The van der Waals surface area contributed by atoms with Gasteiger partial charge in [0.25, 0.3) is 0 Å². The molecule has 2 atom stereocenters. The van der Waals surface area contributed by atoms with Gasteiger partial charge < -0.3 is 21.0 Å². The third-order valence-electron chi connectivity index (χ3n) is 2.90. The van der Waals surface area contributed by atoms with Crippen molar-refractivity contribution in [1.82, 2.24) is 5.32 Å². The average molecular weight is 215 g/mol. The van der Waals surface area contributed by atoms with E-state index in [9.17, 15) is 0 Å². The quantitative estimate of drug-likeness (QED) is 0.272. The number of nitrogens with two attached hydrogens (primary N) is 1. The van der Waals surface area contributed by atoms with E-state index in [1.807, 2.05) is 6.92 Å². The Labute approximate surface area is 90.7 Å². The highest BCUT2D eigenvalue weighted by Gasteiger charge is 2.30. The predicted molar refractivity (Wildman–Crippen MR) is 59.1 cm³/mol. The van der Waals surface area contributed by atoms with Crippen LogP contribution in [0.1, 0.15) is 33.1 Å². The van der Waals surface area contributed by atoms with E-state index in [1.54, 1.807) is 0 Å². The van der Waals surface area contributed by atoms with Crippen molar-refractivity contribution in [3.05, 3.63) is 0 Å². The van der Waals surface area contributed by atoms with E-state index in [2.05, 4.69) is 17.4 Å². The number of nitrogens with zero attached hydrogens (tertiary/aromatic N) is 1. The minimum atomic E-state index is -0.0941. The molecule has 1 rings (SSSR count). The molecular formula is C10H21N3O2. The van der Waals surface area contributed by atoms with Crippen LogP contribution in [-0.4, -0.2) is 35.8 Å². The second-order valence-electron chi connectivity index (χ2n) is 4.27. The van der Waals surface area contributed by atoms with Crippen LogP contribution in [0.2, 0.25) is 0 Å². The van der Waals surface area contributed by atoms with Gasteiger partial charge in [-0.25, -0.2) is 0 Å². The summed E-state index contributed by atoms with van der Waals surface area (Å²) in [5.74, 6) is 0.235. The zero-order valence-corrected chi connectivity index (χ0v) is 9.49. The van der Waals surface area contributed by atoms with Crippen LogP contribution in [0, 0.1) is 0 Å². The predicted octanol–water partition coefficient (Wildman–Crippen LogP) is 0.670. The number of hydrogen-bond acceptors (Lipinski definition) is 4. The van der Waals surface area contributed by atoms with Gasteiger partial charge in [0.15, 0.2) is 5.84 Å². The minimum absolute atomic E-state index is 0.0731. The van der Waals surface area contributed by atoms with Crippen LogP contribution < -0.4 is 11.1 Å². The van der Waals surface area contributed by atoms with Crippen molar-refractivity contribution in [3.8, 4) is 0 Å². The highest BCUT2D eigenvalue weighted by molar-refractivity contribution is 5.85. The van der Waals surface area contributed by atoms with Crippen molar-refractivity contribution in [2.75, 3.05) is 13.2 Å². The highest BCUT2D eigenvalue weighted by atomic mass is 16.5. The number of oxime groups is 1. The second-order valence-corrected chi connectivity index (χ2v) is 4.27. The van der Waals surface area contributed by atoms with Gasteiger partial charge in [0.2, 0.25) is 0 Å². The molecule has 5 heteroatoms. The Bertz CT molecular complexity index is 225. The lowest BCUT2D eigenvalue weighted by Crippen LogP contribution is -2.47. The van der Waals surface area contributed by atoms with Crippen LogP contribution in [0.5, 0.6) is 0 Å². The molecule has 1 heterocycles. The van der Waals surface area contributed by atoms with Gasteiger partial charge in [-0.3, -0.25) is 0 Å². The summed E-state index contributed by atoms with van der Waals surface area (Å²) in [6, 6.07) is -0.0731. The van der Waals surface area contributed by atoms with E-state index in [-0.39, 0.29) is 17.5 Å². The molecule has 4 N–H and O–H groups in total. The molecule has 2 unspecified atom stereocenters. The number of amidine groups is 1. The Morgan fingerprint density at radius 2 is 2.47 bits per heavy atom. The summed E-state index contributed by atoms with van der Waals surface area (Å²) < 4.78 is 5.64. The van der Waals surface area contributed by atoms with Gasteiger partial charge in [0.05, 0.1) is 11.6 Å². The number of nitrogens with one attached hydrogen (secondary N) is 1. The first-order valence-electron chi connectivity index (χ1n) is 5.46. The molecule has 88 valence electrons. The zero-order chi connectivity index (χ0) is 11.3. The summed E-state index contributed by atoms with van der Waals surface area (Å²) in [6.07, 6.45) is 2.97. The molecule has 0 radical (unpaired) electrons. The Hall–Kier alpha value is -0.810. The molecule has 1 aliphatic rings. The number of rotatable bonds is 5. The molecule has 5 nitrogen and oxygen atoms in total. The lowest BCUT2D eigenvalue weighted by Gasteiger charge is -2.26. The van der Waals surface area contributed by atoms with E-state index >= 15 is 0 Å². The van der Waals surface area contributed by atoms with E-state index in [1.165, 1.54) is 0 Å². The smallest absolute Gasteiger partial charge is 0.156 e. The molecule has 1 aliphatic heterocycles. The largest absolute Gasteiger partial charge is 0.409 e. The second kappa shape index (κ2) is 5.32. The van der Waals surface area contributed by atoms with Crippen LogP contribution in [0.3, 0.4) is 0 Å². The lowest BCUT2D eigenvalue weighted by atomic mass is 10.0. The van der Waals surface area contributed by atoms with Crippen molar-refractivity contribution in [2.24, 2.45) is 10.9 Å². The van der Waals surface area contributed by atoms with Crippen LogP contribution in [0.4, 0.5) is 0 Å². The average Bonchev–Trinajstić information content (AvgIpc) is 2.66. The molecule has 0 spiro atoms. The minimum Gasteiger partial charge on any atom is -0.409 e. The molecule has 15 heavy (non-hydrogen) atoms. The standard InChI is InChI=1S/C10H21N3O2/c1-3-8(9(11)13-14)12-7-10(2)5-4-6-15-10/h8,12,14H,3-7H2,1-2H3,(H2,11,13). The first-order valence-corrected chi connectivity index (χ1v) is 5.46. The first-order chi connectivity index (χ1) is 7.11. The number of ether oxygens (including phenoxy) is 1. The summed E-state index contributed by atoms with van der Waals surface area (Å²) in [5, 5.41) is 14.9. The summed E-state index contributed by atoms with van der Waals surface area (Å²) in [5.41, 5.74) is 5.46. The highest BCUT2D eigenvalue weighted by Crippen LogP contribution is 2.24. The molecule has 0 saturated carbocycles. The van der Waals surface area contributed by atoms with E-state index in [0.717, 1.165) is 32.4 Å². The maximum atomic E-state index is 8.58. The maximum absolute atomic E-state index is 8.58. The van der Waals surface area contributed by atoms with Crippen molar-refractivity contribution in [2.45, 2.75) is 44.8 Å². The Kier molecular flexibility index (Phi) is 4.35. The first kappa shape index (κ1) is 12.3. The summed E-state index contributed by atoms with van der Waals surface area (Å²) >= 11 is 0. The zero-order valence-electron chi connectivity index (χ0n) is 9.49. The molecule has 0 amide bonds. The molecule has 0 aromatic rings. The molecule has 0 aromatic carbocycles. The fourth-order valence-corrected chi connectivity index (χ4v) is 1.84. The summed E-state index contributed by atoms with van der Waals surface area (Å²) in [6.45, 7) is 5.65. The molecule has 1 fully saturated rings. The molecule has 0 aromatic heterocycles. The van der Waals surface area contributed by atoms with Crippen molar-refractivity contribution in [1.29, 1.82) is 0 Å². The van der Waals surface area contributed by atoms with Gasteiger partial charge in [-0.1, -0.05) is 12.1 Å². The van der Waals surface area contributed by atoms with Gasteiger partial charge in [-0.05, 0) is 26.2 Å². The Morgan fingerprint density at radius 1 is 1.73 bits per heavy atom. The Balaban J connectivity index is 2.40. The van der Waals surface area contributed by atoms with Gasteiger partial charge in [0, 0.05) is 13.2 Å². The molecular weight excluding hydrogens is 194 g/mol. The van der Waals surface area contributed by atoms with Crippen LogP contribution >= 0.6 is 0 Å². The van der Waals surface area contributed by atoms with Crippen LogP contribution in [0.15, 0.2) is 5.16 Å². The summed E-state index contributed by atoms with van der Waals surface area (Å²) in [7, 11) is 0. The SMILES string of the molecule is CCC(NCC1(C)CCCO1)C(N)=NO. The molecule has 1 saturated heterocycles. The van der Waals surface area contributed by atoms with E-state index in [4.69, 9.17) is 15.7 Å². The topological polar surface area (TPSA) is 79.9 Å². The van der Waals surface area contributed by atoms with Crippen molar-refractivity contribution >= 4 is 5.84 Å². The van der Waals surface area contributed by atoms with E-state index < -0.39 is 0 Å². The van der Waals surface area contributed by atoms with Crippen molar-refractivity contribution < 1.29 is 9.94 Å². The van der Waals surface area contributed by atoms with E-state index in [0.29, 0.717) is 0 Å². The summed E-state index contributed by atoms with van der Waals surface area (Å²) in [4.78, 5) is 0. The van der Waals surface area contributed by atoms with Crippen LogP contribution in [0.25, 0.3) is 0 Å². The fourth-order valence-electron chi connectivity index (χ4n) is 1.84. The number of hydrogen-bond donors (Lipinski definition) is 3. The van der Waals surface area contributed by atoms with Crippen LogP contribution in [-0.2, 0) is 4.74 Å². The monoisotopic (exact) mass is 215 g/mol. The molecule has 0 bridgehead atoms. The lowest BCUT2D eigenvalue weighted by molar-refractivity contribution is 0.0200. The van der Waals surface area contributed by atoms with Gasteiger partial charge in [0.1, 0.15) is 0 Å². The van der Waals surface area contributed by atoms with Gasteiger partial charge >= 0.3 is 0 Å². The van der Waals surface area contributed by atoms with Gasteiger partial charge in [-0.2, -0.15) is 0 Å². The third kappa shape index (κ3) is 3.35.